The Morgan fingerprint density at radius 3 is 2.73 bits per heavy atom. The van der Waals surface area contributed by atoms with Crippen molar-refractivity contribution in [1.29, 1.82) is 0 Å². The molecule has 0 N–H and O–H groups in total. The molecule has 1 heterocycles. The molecule has 0 bridgehead atoms. The maximum Gasteiger partial charge on any atom is 0.309 e. The van der Waals surface area contributed by atoms with E-state index < -0.39 is 0 Å². The number of aromatic nitrogens is 1. The summed E-state index contributed by atoms with van der Waals surface area (Å²) in [5.41, 5.74) is 0. The van der Waals surface area contributed by atoms with Gasteiger partial charge in [-0.25, -0.2) is 4.98 Å². The average Bonchev–Trinajstić information content (AvgIpc) is 2.15. The van der Waals surface area contributed by atoms with Crippen molar-refractivity contribution < 1.29 is 46.1 Å². The third-order valence-electron chi connectivity index (χ3n) is 0.641. The first-order chi connectivity index (χ1) is 4.29. The number of ether oxygens (including phenoxy) is 1. The van der Waals surface area contributed by atoms with Crippen LogP contribution in [0.25, 0.3) is 0 Å². The molecule has 0 atom stereocenters. The SMILES string of the molecule is CC(=O)Oc1nccs1.[Cu].[Zn]. The van der Waals surface area contributed by atoms with Gasteiger partial charge in [-0.05, 0) is 0 Å². The normalized spacial score (nSPS) is 7.36. The van der Waals surface area contributed by atoms with Gasteiger partial charge < -0.3 is 4.74 Å². The van der Waals surface area contributed by atoms with E-state index in [1.807, 2.05) is 0 Å². The van der Waals surface area contributed by atoms with Gasteiger partial charge in [0.2, 0.25) is 0 Å². The Hall–Kier alpha value is 0.243. The fourth-order valence-corrected chi connectivity index (χ4v) is 0.909. The minimum Gasteiger partial charge on any atom is -0.398 e. The molecule has 0 aliphatic carbocycles. The van der Waals surface area contributed by atoms with Crippen LogP contribution in [0.2, 0.25) is 0 Å². The summed E-state index contributed by atoms with van der Waals surface area (Å²) >= 11 is 1.30. The Labute approximate surface area is 91.8 Å². The number of rotatable bonds is 1. The first kappa shape index (κ1) is 13.8. The van der Waals surface area contributed by atoms with E-state index in [1.54, 1.807) is 11.6 Å². The summed E-state index contributed by atoms with van der Waals surface area (Å²) in [5.74, 6) is -0.329. The molecule has 3 nitrogen and oxygen atoms in total. The van der Waals surface area contributed by atoms with Crippen molar-refractivity contribution in [3.63, 3.8) is 0 Å². The predicted octanol–water partition coefficient (Wildman–Crippen LogP) is 1.06. The summed E-state index contributed by atoms with van der Waals surface area (Å²) in [7, 11) is 0. The van der Waals surface area contributed by atoms with Gasteiger partial charge >= 0.3 is 5.97 Å². The molecule has 0 amide bonds. The Kier molecular flexibility index (Phi) is 8.69. The van der Waals surface area contributed by atoms with Crippen LogP contribution < -0.4 is 4.74 Å². The molecular formula is C5H5CuNO2SZn. The molecule has 11 heavy (non-hydrogen) atoms. The zero-order chi connectivity index (χ0) is 6.69. The van der Waals surface area contributed by atoms with Gasteiger partial charge in [0.1, 0.15) is 0 Å². The first-order valence-electron chi connectivity index (χ1n) is 2.37. The molecule has 1 radical (unpaired) electrons. The summed E-state index contributed by atoms with van der Waals surface area (Å²) < 4.78 is 4.62. The van der Waals surface area contributed by atoms with Crippen LogP contribution in [0, 0.1) is 0 Å². The molecular weight excluding hydrogens is 267 g/mol. The van der Waals surface area contributed by atoms with Gasteiger partial charge in [-0.15, -0.1) is 0 Å². The third-order valence-corrected chi connectivity index (χ3v) is 1.29. The van der Waals surface area contributed by atoms with Crippen LogP contribution >= 0.6 is 11.3 Å². The van der Waals surface area contributed by atoms with Gasteiger partial charge in [0.15, 0.2) is 0 Å². The molecule has 61 valence electrons. The molecule has 0 aliphatic heterocycles. The second-order valence-corrected chi connectivity index (χ2v) is 2.25. The smallest absolute Gasteiger partial charge is 0.309 e. The second kappa shape index (κ2) is 6.92. The van der Waals surface area contributed by atoms with Crippen LogP contribution in [0.3, 0.4) is 0 Å². The zero-order valence-electron chi connectivity index (χ0n) is 5.84. The Morgan fingerprint density at radius 1 is 1.73 bits per heavy atom. The summed E-state index contributed by atoms with van der Waals surface area (Å²) in [6.07, 6.45) is 1.59. The van der Waals surface area contributed by atoms with E-state index in [-0.39, 0.29) is 42.5 Å². The molecule has 0 unspecified atom stereocenters. The zero-order valence-corrected chi connectivity index (χ0v) is 10.6. The van der Waals surface area contributed by atoms with E-state index in [4.69, 9.17) is 0 Å². The molecule has 1 aromatic rings. The van der Waals surface area contributed by atoms with Crippen LogP contribution in [-0.2, 0) is 41.3 Å². The van der Waals surface area contributed by atoms with Gasteiger partial charge in [0, 0.05) is 55.0 Å². The van der Waals surface area contributed by atoms with Crippen LogP contribution in [0.5, 0.6) is 5.19 Å². The summed E-state index contributed by atoms with van der Waals surface area (Å²) in [6.45, 7) is 1.35. The van der Waals surface area contributed by atoms with Crippen molar-refractivity contribution in [1.82, 2.24) is 4.98 Å². The Morgan fingerprint density at radius 2 is 2.36 bits per heavy atom. The molecule has 0 spiro atoms. The topological polar surface area (TPSA) is 39.2 Å². The van der Waals surface area contributed by atoms with Crippen molar-refractivity contribution in [2.45, 2.75) is 6.92 Å². The van der Waals surface area contributed by atoms with E-state index in [0.29, 0.717) is 5.19 Å². The summed E-state index contributed by atoms with van der Waals surface area (Å²) in [6, 6.07) is 0. The summed E-state index contributed by atoms with van der Waals surface area (Å²) in [4.78, 5) is 14.0. The Bertz CT molecular complexity index is 204. The van der Waals surface area contributed by atoms with Crippen molar-refractivity contribution in [3.05, 3.63) is 11.6 Å². The molecule has 0 aromatic carbocycles. The number of carbonyl (C=O) groups is 1. The first-order valence-corrected chi connectivity index (χ1v) is 3.25. The fourth-order valence-electron chi connectivity index (χ4n) is 0.384. The van der Waals surface area contributed by atoms with Crippen molar-refractivity contribution in [2.75, 3.05) is 0 Å². The van der Waals surface area contributed by atoms with E-state index in [9.17, 15) is 4.79 Å². The maximum atomic E-state index is 10.3. The molecule has 6 heteroatoms. The largest absolute Gasteiger partial charge is 0.398 e. The predicted molar refractivity (Wildman–Crippen MR) is 33.4 cm³/mol. The van der Waals surface area contributed by atoms with E-state index >= 15 is 0 Å². The van der Waals surface area contributed by atoms with Gasteiger partial charge in [0.05, 0.1) is 0 Å². The maximum absolute atomic E-state index is 10.3. The van der Waals surface area contributed by atoms with Crippen LogP contribution in [-0.4, -0.2) is 11.0 Å². The fraction of sp³-hybridized carbons (Fsp3) is 0.200. The van der Waals surface area contributed by atoms with E-state index in [0.717, 1.165) is 0 Å². The minimum absolute atomic E-state index is 0. The van der Waals surface area contributed by atoms with Crippen LogP contribution in [0.1, 0.15) is 6.92 Å². The Balaban J connectivity index is 0. The van der Waals surface area contributed by atoms with Crippen molar-refractivity contribution in [2.24, 2.45) is 0 Å². The molecule has 0 fully saturated rings. The summed E-state index contributed by atoms with van der Waals surface area (Å²) in [5, 5.41) is 2.15. The van der Waals surface area contributed by atoms with E-state index in [2.05, 4.69) is 9.72 Å². The van der Waals surface area contributed by atoms with E-state index in [1.165, 1.54) is 18.3 Å². The number of thiazole rings is 1. The molecule has 0 saturated carbocycles. The quantitative estimate of drug-likeness (QED) is 0.567. The van der Waals surface area contributed by atoms with Crippen LogP contribution in [0.4, 0.5) is 0 Å². The third kappa shape index (κ3) is 5.51. The second-order valence-electron chi connectivity index (χ2n) is 1.39. The number of esters is 1. The molecule has 1 rings (SSSR count). The number of hydrogen-bond acceptors (Lipinski definition) is 4. The molecule has 0 saturated heterocycles. The monoisotopic (exact) mass is 270 g/mol. The average molecular weight is 272 g/mol. The number of hydrogen-bond donors (Lipinski definition) is 0. The standard InChI is InChI=1S/C5H5NO2S.Cu.Zn/c1-4(7)8-5-6-2-3-9-5;;/h2-3H,1H3;;. The van der Waals surface area contributed by atoms with Crippen molar-refractivity contribution in [3.8, 4) is 5.19 Å². The van der Waals surface area contributed by atoms with Gasteiger partial charge in [-0.3, -0.25) is 4.79 Å². The van der Waals surface area contributed by atoms with Gasteiger partial charge in [-0.1, -0.05) is 11.3 Å². The molecule has 1 aromatic heterocycles. The number of nitrogens with zero attached hydrogens (tertiary/aromatic N) is 1. The minimum atomic E-state index is -0.329. The number of carbonyl (C=O) groups excluding carboxylic acids is 1. The van der Waals surface area contributed by atoms with Gasteiger partial charge in [0.25, 0.3) is 5.19 Å². The van der Waals surface area contributed by atoms with Crippen LogP contribution in [0.15, 0.2) is 11.6 Å². The molecule has 0 aliphatic rings. The van der Waals surface area contributed by atoms with Gasteiger partial charge in [-0.2, -0.15) is 0 Å². The van der Waals surface area contributed by atoms with Crippen molar-refractivity contribution >= 4 is 17.3 Å².